The summed E-state index contributed by atoms with van der Waals surface area (Å²) in [6.07, 6.45) is -3.28. The van der Waals surface area contributed by atoms with Gasteiger partial charge in [0.25, 0.3) is 0 Å². The van der Waals surface area contributed by atoms with Crippen molar-refractivity contribution in [3.8, 4) is 0 Å². The largest absolute Gasteiger partial charge is 0.409 e. The Labute approximate surface area is 151 Å². The average molecular weight is 388 g/mol. The Morgan fingerprint density at radius 2 is 1.41 bits per heavy atom. The smallest absolute Gasteiger partial charge is 0.206 e. The summed E-state index contributed by atoms with van der Waals surface area (Å²) >= 11 is 0. The summed E-state index contributed by atoms with van der Waals surface area (Å²) in [6.45, 7) is 1.96. The van der Waals surface area contributed by atoms with E-state index in [0.29, 0.717) is 12.1 Å². The molecule has 2 rings (SSSR count). The molecule has 2 aromatic carbocycles. The van der Waals surface area contributed by atoms with Gasteiger partial charge < -0.3 is 0 Å². The molecule has 7 heteroatoms. The lowest BCUT2D eigenvalue weighted by molar-refractivity contribution is -0.0790. The molecule has 2 aromatic rings. The molecule has 0 unspecified atom stereocenters. The Morgan fingerprint density at radius 3 is 1.89 bits per heavy atom. The van der Waals surface area contributed by atoms with Crippen LogP contribution in [0.4, 0.5) is 30.7 Å². The van der Waals surface area contributed by atoms with Crippen molar-refractivity contribution < 1.29 is 30.7 Å². The van der Waals surface area contributed by atoms with Crippen LogP contribution in [0.3, 0.4) is 0 Å². The summed E-state index contributed by atoms with van der Waals surface area (Å²) in [5.74, 6) is -5.71. The molecule has 0 aliphatic heterocycles. The molecule has 0 saturated carbocycles. The molecule has 0 nitrogen and oxygen atoms in total. The molecule has 0 bridgehead atoms. The second-order valence-electron chi connectivity index (χ2n) is 5.80. The number of hydrogen-bond acceptors (Lipinski definition) is 0. The van der Waals surface area contributed by atoms with Crippen LogP contribution in [-0.4, -0.2) is 6.18 Å². The van der Waals surface area contributed by atoms with E-state index in [-0.39, 0.29) is 17.7 Å². The van der Waals surface area contributed by atoms with Gasteiger partial charge in [-0.2, -0.15) is 13.2 Å². The van der Waals surface area contributed by atoms with E-state index < -0.39 is 40.6 Å². The molecule has 27 heavy (non-hydrogen) atoms. The Kier molecular flexibility index (Phi) is 6.46. The Balaban J connectivity index is 2.38. The number of rotatable bonds is 5. The van der Waals surface area contributed by atoms with Crippen LogP contribution in [0.25, 0.3) is 17.7 Å². The quantitative estimate of drug-likeness (QED) is 0.374. The van der Waals surface area contributed by atoms with Gasteiger partial charge in [0.1, 0.15) is 11.6 Å². The highest BCUT2D eigenvalue weighted by atomic mass is 19.4. The molecule has 0 saturated heterocycles. The normalized spacial score (nSPS) is 13.2. The zero-order valence-corrected chi connectivity index (χ0v) is 14.2. The van der Waals surface area contributed by atoms with Crippen LogP contribution in [0.15, 0.2) is 42.5 Å². The van der Waals surface area contributed by atoms with Crippen LogP contribution >= 0.6 is 0 Å². The Morgan fingerprint density at radius 1 is 0.889 bits per heavy atom. The molecule has 0 amide bonds. The number of hydrogen-bond donors (Lipinski definition) is 0. The molecule has 0 spiro atoms. The summed E-state index contributed by atoms with van der Waals surface area (Å²) in [4.78, 5) is 0. The van der Waals surface area contributed by atoms with Gasteiger partial charge in [-0.05, 0) is 30.2 Å². The highest BCUT2D eigenvalue weighted by Crippen LogP contribution is 2.31. The van der Waals surface area contributed by atoms with Gasteiger partial charge >= 0.3 is 6.18 Å². The van der Waals surface area contributed by atoms with E-state index in [4.69, 9.17) is 0 Å². The topological polar surface area (TPSA) is 0 Å². The van der Waals surface area contributed by atoms with Crippen molar-refractivity contribution in [3.63, 3.8) is 0 Å². The molecule has 0 heterocycles. The third-order valence-corrected chi connectivity index (χ3v) is 3.71. The number of allylic oxidation sites excluding steroid dienone is 1. The molecular weight excluding hydrogens is 373 g/mol. The van der Waals surface area contributed by atoms with Gasteiger partial charge in [0, 0.05) is 22.8 Å². The maximum Gasteiger partial charge on any atom is 0.409 e. The second kappa shape index (κ2) is 8.41. The Bertz CT molecular complexity index is 836. The zero-order chi connectivity index (χ0) is 20.2. The number of benzene rings is 2. The monoisotopic (exact) mass is 388 g/mol. The van der Waals surface area contributed by atoms with E-state index in [0.717, 1.165) is 18.4 Å². The minimum absolute atomic E-state index is 0.116. The van der Waals surface area contributed by atoms with Crippen LogP contribution < -0.4 is 0 Å². The van der Waals surface area contributed by atoms with Gasteiger partial charge in [-0.1, -0.05) is 37.6 Å². The summed E-state index contributed by atoms with van der Waals surface area (Å²) in [5, 5.41) is 0. The first kappa shape index (κ1) is 20.7. The van der Waals surface area contributed by atoms with Gasteiger partial charge in [-0.15, -0.1) is 0 Å². The molecule has 0 N–H and O–H groups in total. The van der Waals surface area contributed by atoms with E-state index in [1.807, 2.05) is 6.92 Å². The minimum atomic E-state index is -4.77. The van der Waals surface area contributed by atoms with Crippen molar-refractivity contribution in [1.82, 2.24) is 0 Å². The van der Waals surface area contributed by atoms with Crippen molar-refractivity contribution in [2.24, 2.45) is 0 Å². The zero-order valence-electron chi connectivity index (χ0n) is 14.2. The highest BCUT2D eigenvalue weighted by Gasteiger charge is 2.23. The lowest BCUT2D eigenvalue weighted by Crippen LogP contribution is -2.01. The fraction of sp³-hybridized carbons (Fsp3) is 0.200. The summed E-state index contributed by atoms with van der Waals surface area (Å²) in [5.41, 5.74) is -0.931. The third-order valence-electron chi connectivity index (χ3n) is 3.71. The van der Waals surface area contributed by atoms with Crippen LogP contribution in [0.1, 0.15) is 35.6 Å². The molecular formula is C20H15F7. The minimum Gasteiger partial charge on any atom is -0.206 e. The number of halogens is 7. The summed E-state index contributed by atoms with van der Waals surface area (Å²) in [6, 6.07) is 6.79. The van der Waals surface area contributed by atoms with Gasteiger partial charge in [0.15, 0.2) is 11.7 Å². The van der Waals surface area contributed by atoms with Crippen molar-refractivity contribution in [2.45, 2.75) is 25.9 Å². The van der Waals surface area contributed by atoms with Gasteiger partial charge in [0.05, 0.1) is 0 Å². The van der Waals surface area contributed by atoms with Crippen LogP contribution in [-0.2, 0) is 6.42 Å². The predicted molar refractivity (Wildman–Crippen MR) is 90.9 cm³/mol. The van der Waals surface area contributed by atoms with Gasteiger partial charge in [0.2, 0.25) is 0 Å². The molecule has 0 aromatic heterocycles. The SMILES string of the molecule is CCCc1ccc(C(F)=C(F)c2cc(F)c(C=CC(F)(F)F)c(F)c2)cc1. The maximum absolute atomic E-state index is 14.3. The Hall–Kier alpha value is -2.57. The van der Waals surface area contributed by atoms with Crippen LogP contribution in [0, 0.1) is 11.6 Å². The van der Waals surface area contributed by atoms with E-state index in [2.05, 4.69) is 0 Å². The van der Waals surface area contributed by atoms with Crippen molar-refractivity contribution in [2.75, 3.05) is 0 Å². The summed E-state index contributed by atoms with van der Waals surface area (Å²) in [7, 11) is 0. The molecule has 0 aliphatic carbocycles. The van der Waals surface area contributed by atoms with E-state index in [1.165, 1.54) is 12.1 Å². The first-order valence-electron chi connectivity index (χ1n) is 8.02. The number of alkyl halides is 3. The molecule has 0 atom stereocenters. The van der Waals surface area contributed by atoms with Crippen molar-refractivity contribution in [1.29, 1.82) is 0 Å². The molecule has 0 aliphatic rings. The van der Waals surface area contributed by atoms with E-state index in [1.54, 1.807) is 12.1 Å². The van der Waals surface area contributed by atoms with Crippen molar-refractivity contribution >= 4 is 17.7 Å². The van der Waals surface area contributed by atoms with Gasteiger partial charge in [-0.3, -0.25) is 0 Å². The van der Waals surface area contributed by atoms with Crippen molar-refractivity contribution in [3.05, 3.63) is 76.4 Å². The molecule has 0 fully saturated rings. The second-order valence-corrected chi connectivity index (χ2v) is 5.80. The van der Waals surface area contributed by atoms with E-state index >= 15 is 0 Å². The first-order chi connectivity index (χ1) is 12.6. The molecule has 0 radical (unpaired) electrons. The average Bonchev–Trinajstić information content (AvgIpc) is 2.59. The van der Waals surface area contributed by atoms with Crippen LogP contribution in [0.5, 0.6) is 0 Å². The van der Waals surface area contributed by atoms with Crippen LogP contribution in [0.2, 0.25) is 0 Å². The lowest BCUT2D eigenvalue weighted by atomic mass is 10.0. The van der Waals surface area contributed by atoms with Gasteiger partial charge in [-0.25, -0.2) is 17.6 Å². The number of aryl methyl sites for hydroxylation is 1. The fourth-order valence-corrected chi connectivity index (χ4v) is 2.41. The van der Waals surface area contributed by atoms with E-state index in [9.17, 15) is 30.7 Å². The molecule has 144 valence electrons. The fourth-order valence-electron chi connectivity index (χ4n) is 2.41. The lowest BCUT2D eigenvalue weighted by Gasteiger charge is -2.07. The maximum atomic E-state index is 14.3. The first-order valence-corrected chi connectivity index (χ1v) is 8.02. The third kappa shape index (κ3) is 5.45. The summed E-state index contributed by atoms with van der Waals surface area (Å²) < 4.78 is 92.8. The standard InChI is InChI=1S/C20H15F7/c1-2-3-12-4-6-13(7-5-12)18(23)19(24)14-10-16(21)15(17(22)11-14)8-9-20(25,26)27/h4-11H,2-3H2,1H3. The highest BCUT2D eigenvalue weighted by molar-refractivity contribution is 5.83. The predicted octanol–water partition coefficient (Wildman–Crippen LogP) is 7.26.